The molecule has 1 atom stereocenters. The number of piperidine rings is 1. The highest BCUT2D eigenvalue weighted by molar-refractivity contribution is 5.43. The lowest BCUT2D eigenvalue weighted by atomic mass is 9.97. The van der Waals surface area contributed by atoms with Crippen LogP contribution in [0.2, 0.25) is 0 Å². The fourth-order valence-corrected chi connectivity index (χ4v) is 3.69. The molecular formula is C20H23N5. The van der Waals surface area contributed by atoms with E-state index in [4.69, 9.17) is 0 Å². The SMILES string of the molecule is Cc1nccnc1N1CCC[C@H](c2nccn2Cc2ccccc2)C1. The second-order valence-corrected chi connectivity index (χ2v) is 6.65. The van der Waals surface area contributed by atoms with Gasteiger partial charge in [0.2, 0.25) is 0 Å². The average Bonchev–Trinajstić information content (AvgIpc) is 3.11. The van der Waals surface area contributed by atoms with Gasteiger partial charge in [0, 0.05) is 50.3 Å². The first-order valence-corrected chi connectivity index (χ1v) is 8.89. The molecule has 0 unspecified atom stereocenters. The molecule has 1 aromatic carbocycles. The predicted octanol–water partition coefficient (Wildman–Crippen LogP) is 3.41. The summed E-state index contributed by atoms with van der Waals surface area (Å²) >= 11 is 0. The molecule has 2 aromatic heterocycles. The van der Waals surface area contributed by atoms with Crippen molar-refractivity contribution in [1.82, 2.24) is 19.5 Å². The first-order chi connectivity index (χ1) is 12.3. The quantitative estimate of drug-likeness (QED) is 0.734. The molecule has 0 N–H and O–H groups in total. The van der Waals surface area contributed by atoms with Gasteiger partial charge >= 0.3 is 0 Å². The molecule has 0 radical (unpaired) electrons. The Kier molecular flexibility index (Phi) is 4.46. The van der Waals surface area contributed by atoms with E-state index in [9.17, 15) is 0 Å². The highest BCUT2D eigenvalue weighted by atomic mass is 15.2. The van der Waals surface area contributed by atoms with Gasteiger partial charge in [-0.2, -0.15) is 0 Å². The lowest BCUT2D eigenvalue weighted by Gasteiger charge is -2.34. The lowest BCUT2D eigenvalue weighted by molar-refractivity contribution is 0.473. The molecule has 0 spiro atoms. The Bertz CT molecular complexity index is 827. The molecule has 1 aliphatic rings. The Morgan fingerprint density at radius 2 is 1.88 bits per heavy atom. The summed E-state index contributed by atoms with van der Waals surface area (Å²) in [6, 6.07) is 10.6. The van der Waals surface area contributed by atoms with Crippen LogP contribution >= 0.6 is 0 Å². The summed E-state index contributed by atoms with van der Waals surface area (Å²) in [6.45, 7) is 4.89. The van der Waals surface area contributed by atoms with Crippen molar-refractivity contribution < 1.29 is 0 Å². The number of aryl methyl sites for hydroxylation is 1. The number of aromatic nitrogens is 4. The summed E-state index contributed by atoms with van der Waals surface area (Å²) < 4.78 is 2.28. The molecule has 0 bridgehead atoms. The first kappa shape index (κ1) is 15.8. The van der Waals surface area contributed by atoms with Crippen molar-refractivity contribution >= 4 is 5.82 Å². The monoisotopic (exact) mass is 333 g/mol. The molecule has 0 saturated carbocycles. The third kappa shape index (κ3) is 3.40. The first-order valence-electron chi connectivity index (χ1n) is 8.89. The van der Waals surface area contributed by atoms with Crippen LogP contribution in [0.3, 0.4) is 0 Å². The van der Waals surface area contributed by atoms with Gasteiger partial charge in [0.05, 0.1) is 5.69 Å². The third-order valence-electron chi connectivity index (χ3n) is 4.88. The van der Waals surface area contributed by atoms with Gasteiger partial charge in [-0.1, -0.05) is 30.3 Å². The number of hydrogen-bond acceptors (Lipinski definition) is 4. The van der Waals surface area contributed by atoms with Crippen molar-refractivity contribution in [3.05, 3.63) is 72.2 Å². The van der Waals surface area contributed by atoms with Crippen LogP contribution in [-0.4, -0.2) is 32.6 Å². The van der Waals surface area contributed by atoms with E-state index in [0.717, 1.165) is 37.6 Å². The molecule has 3 heterocycles. The van der Waals surface area contributed by atoms with Gasteiger partial charge in [-0.25, -0.2) is 9.97 Å². The summed E-state index contributed by atoms with van der Waals surface area (Å²) in [5.74, 6) is 2.61. The van der Waals surface area contributed by atoms with Gasteiger partial charge in [-0.3, -0.25) is 4.98 Å². The largest absolute Gasteiger partial charge is 0.354 e. The molecule has 4 rings (SSSR count). The van der Waals surface area contributed by atoms with Crippen LogP contribution < -0.4 is 4.90 Å². The number of imidazole rings is 1. The Morgan fingerprint density at radius 3 is 2.72 bits per heavy atom. The van der Waals surface area contributed by atoms with Gasteiger partial charge in [0.25, 0.3) is 0 Å². The van der Waals surface area contributed by atoms with Crippen LogP contribution in [0, 0.1) is 6.92 Å². The molecule has 0 aliphatic carbocycles. The van der Waals surface area contributed by atoms with Gasteiger partial charge in [0.1, 0.15) is 11.6 Å². The van der Waals surface area contributed by atoms with Gasteiger partial charge < -0.3 is 9.47 Å². The lowest BCUT2D eigenvalue weighted by Crippen LogP contribution is -2.36. The molecule has 0 amide bonds. The van der Waals surface area contributed by atoms with Gasteiger partial charge in [-0.15, -0.1) is 0 Å². The standard InChI is InChI=1S/C20H23N5/c1-16-19(22-10-9-21-16)24-12-5-8-18(15-24)20-23-11-13-25(20)14-17-6-3-2-4-7-17/h2-4,6-7,9-11,13,18H,5,8,12,14-15H2,1H3/t18-/m0/s1. The Morgan fingerprint density at radius 1 is 1.04 bits per heavy atom. The van der Waals surface area contributed by atoms with E-state index in [-0.39, 0.29) is 0 Å². The van der Waals surface area contributed by atoms with E-state index in [0.29, 0.717) is 5.92 Å². The number of hydrogen-bond donors (Lipinski definition) is 0. The van der Waals surface area contributed by atoms with Crippen molar-refractivity contribution in [1.29, 1.82) is 0 Å². The van der Waals surface area contributed by atoms with E-state index in [2.05, 4.69) is 60.9 Å². The molecule has 5 nitrogen and oxygen atoms in total. The van der Waals surface area contributed by atoms with Crippen molar-refractivity contribution in [2.75, 3.05) is 18.0 Å². The molecule has 1 saturated heterocycles. The minimum absolute atomic E-state index is 0.425. The maximum atomic E-state index is 4.69. The zero-order valence-corrected chi connectivity index (χ0v) is 14.5. The molecule has 128 valence electrons. The molecule has 1 fully saturated rings. The second kappa shape index (κ2) is 7.05. The molecule has 3 aromatic rings. The van der Waals surface area contributed by atoms with Crippen LogP contribution in [0.4, 0.5) is 5.82 Å². The van der Waals surface area contributed by atoms with E-state index < -0.39 is 0 Å². The van der Waals surface area contributed by atoms with Crippen molar-refractivity contribution in [3.8, 4) is 0 Å². The van der Waals surface area contributed by atoms with Gasteiger partial charge in [0.15, 0.2) is 0 Å². The fraction of sp³-hybridized carbons (Fsp3) is 0.350. The highest BCUT2D eigenvalue weighted by Gasteiger charge is 2.26. The number of nitrogens with zero attached hydrogens (tertiary/aromatic N) is 5. The van der Waals surface area contributed by atoms with Crippen molar-refractivity contribution in [2.45, 2.75) is 32.2 Å². The topological polar surface area (TPSA) is 46.8 Å². The minimum Gasteiger partial charge on any atom is -0.354 e. The zero-order chi connectivity index (χ0) is 17.1. The zero-order valence-electron chi connectivity index (χ0n) is 14.5. The average molecular weight is 333 g/mol. The Balaban J connectivity index is 1.54. The van der Waals surface area contributed by atoms with Crippen LogP contribution in [-0.2, 0) is 6.54 Å². The second-order valence-electron chi connectivity index (χ2n) is 6.65. The summed E-state index contributed by atoms with van der Waals surface area (Å²) in [5.41, 5.74) is 2.30. The smallest absolute Gasteiger partial charge is 0.150 e. The fourth-order valence-electron chi connectivity index (χ4n) is 3.69. The van der Waals surface area contributed by atoms with Crippen LogP contribution in [0.5, 0.6) is 0 Å². The van der Waals surface area contributed by atoms with Crippen LogP contribution in [0.1, 0.15) is 35.8 Å². The van der Waals surface area contributed by atoms with E-state index in [1.54, 1.807) is 12.4 Å². The maximum absolute atomic E-state index is 4.69. The Labute approximate surface area is 148 Å². The van der Waals surface area contributed by atoms with Crippen LogP contribution in [0.25, 0.3) is 0 Å². The summed E-state index contributed by atoms with van der Waals surface area (Å²) in [7, 11) is 0. The van der Waals surface area contributed by atoms with E-state index in [1.807, 2.05) is 13.1 Å². The van der Waals surface area contributed by atoms with Crippen molar-refractivity contribution in [2.24, 2.45) is 0 Å². The number of rotatable bonds is 4. The third-order valence-corrected chi connectivity index (χ3v) is 4.88. The normalized spacial score (nSPS) is 17.6. The van der Waals surface area contributed by atoms with E-state index >= 15 is 0 Å². The summed E-state index contributed by atoms with van der Waals surface area (Å²) in [4.78, 5) is 16.0. The summed E-state index contributed by atoms with van der Waals surface area (Å²) in [6.07, 6.45) is 9.87. The van der Waals surface area contributed by atoms with Gasteiger partial charge in [-0.05, 0) is 25.3 Å². The molecule has 1 aliphatic heterocycles. The number of anilines is 1. The highest BCUT2D eigenvalue weighted by Crippen LogP contribution is 2.29. The predicted molar refractivity (Wildman–Crippen MR) is 98.7 cm³/mol. The summed E-state index contributed by atoms with van der Waals surface area (Å²) in [5, 5.41) is 0. The number of benzene rings is 1. The minimum atomic E-state index is 0.425. The maximum Gasteiger partial charge on any atom is 0.150 e. The molecule has 5 heteroatoms. The van der Waals surface area contributed by atoms with Crippen molar-refractivity contribution in [3.63, 3.8) is 0 Å². The van der Waals surface area contributed by atoms with Crippen LogP contribution in [0.15, 0.2) is 55.1 Å². The van der Waals surface area contributed by atoms with E-state index in [1.165, 1.54) is 17.8 Å². The molecule has 25 heavy (non-hydrogen) atoms. The Hall–Kier alpha value is -2.69. The molecular weight excluding hydrogens is 310 g/mol.